The molecule has 0 bridgehead atoms. The third-order valence-electron chi connectivity index (χ3n) is 5.73. The van der Waals surface area contributed by atoms with Gasteiger partial charge in [0, 0.05) is 25.1 Å². The molecule has 158 valence electrons. The van der Waals surface area contributed by atoms with E-state index in [0.29, 0.717) is 11.0 Å². The van der Waals surface area contributed by atoms with Crippen molar-refractivity contribution in [2.75, 3.05) is 5.32 Å². The molecule has 2 atom stereocenters. The third-order valence-corrected chi connectivity index (χ3v) is 7.03. The Balaban J connectivity index is 1.63. The molecule has 2 aliphatic heterocycles. The molecule has 4 aromatic rings. The van der Waals surface area contributed by atoms with E-state index in [1.807, 2.05) is 47.1 Å². The molecule has 0 unspecified atom stereocenters. The summed E-state index contributed by atoms with van der Waals surface area (Å²) in [6.07, 6.45) is 1.26. The molecule has 2 aliphatic rings. The zero-order valence-electron chi connectivity index (χ0n) is 16.5. The number of nitrogens with one attached hydrogen (secondary N) is 1. The summed E-state index contributed by atoms with van der Waals surface area (Å²) in [5.74, 6) is 1.45. The van der Waals surface area contributed by atoms with Crippen molar-refractivity contribution in [1.82, 2.24) is 14.8 Å². The highest BCUT2D eigenvalue weighted by atomic mass is 79.9. The average molecular weight is 571 g/mol. The number of hydrogen-bond acceptors (Lipinski definition) is 4. The maximum absolute atomic E-state index is 6.61. The van der Waals surface area contributed by atoms with Crippen LogP contribution in [0.25, 0.3) is 5.70 Å². The van der Waals surface area contributed by atoms with Gasteiger partial charge in [0.15, 0.2) is 0 Å². The van der Waals surface area contributed by atoms with Crippen LogP contribution in [0.1, 0.15) is 28.8 Å². The highest BCUT2D eigenvalue weighted by Crippen LogP contribution is 2.51. The predicted molar refractivity (Wildman–Crippen MR) is 132 cm³/mol. The molecule has 5 nitrogen and oxygen atoms in total. The van der Waals surface area contributed by atoms with Gasteiger partial charge in [0.1, 0.15) is 24.2 Å². The maximum Gasteiger partial charge on any atom is 0.226 e. The van der Waals surface area contributed by atoms with E-state index in [-0.39, 0.29) is 12.1 Å². The first-order valence-corrected chi connectivity index (χ1v) is 11.9. The molecule has 1 N–H and O–H groups in total. The lowest BCUT2D eigenvalue weighted by atomic mass is 9.84. The van der Waals surface area contributed by atoms with Crippen molar-refractivity contribution < 1.29 is 4.74 Å². The van der Waals surface area contributed by atoms with Crippen molar-refractivity contribution in [3.8, 4) is 5.75 Å². The molecule has 3 heterocycles. The molecule has 6 rings (SSSR count). The Hall–Kier alpha value is -2.61. The molecule has 0 spiro atoms. The standard InChI is InChI=1S/C24H15Br2ClN4O/c25-15-5-1-13(2-6-15)22-20-21(30-24-28-12-29-31(22)24)18-11-17(27)9-10-19(18)32-23(20)14-3-7-16(26)8-4-14/h1-12,22-23H,(H,28,29,30)/t22-,23-/m1/s1. The van der Waals surface area contributed by atoms with Crippen LogP contribution < -0.4 is 10.1 Å². The van der Waals surface area contributed by atoms with Gasteiger partial charge in [0.25, 0.3) is 0 Å². The molecule has 8 heteroatoms. The van der Waals surface area contributed by atoms with Gasteiger partial charge in [-0.2, -0.15) is 10.1 Å². The third kappa shape index (κ3) is 3.27. The fourth-order valence-corrected chi connectivity index (χ4v) is 5.02. The Labute approximate surface area is 206 Å². The summed E-state index contributed by atoms with van der Waals surface area (Å²) in [5.41, 5.74) is 5.06. The first-order valence-electron chi connectivity index (χ1n) is 9.96. The summed E-state index contributed by atoms with van der Waals surface area (Å²) in [6, 6.07) is 22.0. The van der Waals surface area contributed by atoms with Crippen LogP contribution in [-0.4, -0.2) is 14.8 Å². The number of aromatic nitrogens is 3. The van der Waals surface area contributed by atoms with Crippen LogP contribution in [0.5, 0.6) is 5.75 Å². The van der Waals surface area contributed by atoms with Crippen molar-refractivity contribution in [3.05, 3.63) is 109 Å². The summed E-state index contributed by atoms with van der Waals surface area (Å²) in [7, 11) is 0. The van der Waals surface area contributed by atoms with E-state index in [9.17, 15) is 0 Å². The molecule has 0 fully saturated rings. The van der Waals surface area contributed by atoms with Gasteiger partial charge in [0.2, 0.25) is 5.95 Å². The molecule has 1 aromatic heterocycles. The van der Waals surface area contributed by atoms with Crippen molar-refractivity contribution in [2.45, 2.75) is 12.1 Å². The molecular weight excluding hydrogens is 556 g/mol. The first-order chi connectivity index (χ1) is 15.6. The van der Waals surface area contributed by atoms with Crippen molar-refractivity contribution in [2.24, 2.45) is 0 Å². The Kier molecular flexibility index (Phi) is 4.86. The topological polar surface area (TPSA) is 52.0 Å². The van der Waals surface area contributed by atoms with Gasteiger partial charge in [-0.05, 0) is 53.6 Å². The van der Waals surface area contributed by atoms with E-state index >= 15 is 0 Å². The number of ether oxygens (including phenoxy) is 1. The number of benzene rings is 3. The van der Waals surface area contributed by atoms with Gasteiger partial charge in [0.05, 0.1) is 5.70 Å². The second-order valence-electron chi connectivity index (χ2n) is 7.63. The zero-order valence-corrected chi connectivity index (χ0v) is 20.4. The predicted octanol–water partition coefficient (Wildman–Crippen LogP) is 7.02. The van der Waals surface area contributed by atoms with Crippen LogP contribution in [0.3, 0.4) is 0 Å². The molecule has 0 saturated heterocycles. The molecule has 0 saturated carbocycles. The van der Waals surface area contributed by atoms with Crippen molar-refractivity contribution in [3.63, 3.8) is 0 Å². The lowest BCUT2D eigenvalue weighted by molar-refractivity contribution is 0.223. The summed E-state index contributed by atoms with van der Waals surface area (Å²) in [4.78, 5) is 4.46. The smallest absolute Gasteiger partial charge is 0.226 e. The average Bonchev–Trinajstić information content (AvgIpc) is 3.27. The first kappa shape index (κ1) is 20.0. The quantitative estimate of drug-likeness (QED) is 0.282. The number of nitrogens with zero attached hydrogens (tertiary/aromatic N) is 3. The van der Waals surface area contributed by atoms with Crippen LogP contribution in [-0.2, 0) is 0 Å². The Morgan fingerprint density at radius 1 is 0.906 bits per heavy atom. The highest BCUT2D eigenvalue weighted by Gasteiger charge is 2.41. The fraction of sp³-hybridized carbons (Fsp3) is 0.0833. The minimum atomic E-state index is -0.315. The molecule has 3 aromatic carbocycles. The molecule has 32 heavy (non-hydrogen) atoms. The SMILES string of the molecule is Clc1ccc2c(c1)C1=C([C@@H](c3ccc(Br)cc3)O2)[C@@H](c2ccc(Br)cc2)n2ncnc2N1. The van der Waals surface area contributed by atoms with Gasteiger partial charge in [-0.3, -0.25) is 0 Å². The van der Waals surface area contributed by atoms with E-state index in [4.69, 9.17) is 16.3 Å². The summed E-state index contributed by atoms with van der Waals surface area (Å²) in [5, 5.41) is 8.70. The lowest BCUT2D eigenvalue weighted by Crippen LogP contribution is -2.32. The summed E-state index contributed by atoms with van der Waals surface area (Å²) < 4.78 is 10.6. The molecule has 0 amide bonds. The summed E-state index contributed by atoms with van der Waals surface area (Å²) in [6.45, 7) is 0. The van der Waals surface area contributed by atoms with Crippen LogP contribution in [0.15, 0.2) is 87.6 Å². The Morgan fingerprint density at radius 2 is 1.59 bits per heavy atom. The minimum absolute atomic E-state index is 0.197. The molecular formula is C24H15Br2ClN4O. The van der Waals surface area contributed by atoms with Crippen LogP contribution in [0.4, 0.5) is 5.95 Å². The van der Waals surface area contributed by atoms with Crippen molar-refractivity contribution in [1.29, 1.82) is 0 Å². The van der Waals surface area contributed by atoms with Crippen LogP contribution in [0, 0.1) is 0 Å². The van der Waals surface area contributed by atoms with E-state index in [2.05, 4.69) is 71.5 Å². The van der Waals surface area contributed by atoms with Gasteiger partial charge in [-0.25, -0.2) is 4.68 Å². The Morgan fingerprint density at radius 3 is 2.31 bits per heavy atom. The van der Waals surface area contributed by atoms with Gasteiger partial charge in [-0.1, -0.05) is 67.7 Å². The van der Waals surface area contributed by atoms with E-state index in [0.717, 1.165) is 42.7 Å². The molecule has 0 radical (unpaired) electrons. The largest absolute Gasteiger partial charge is 0.480 e. The van der Waals surface area contributed by atoms with E-state index in [1.165, 1.54) is 0 Å². The van der Waals surface area contributed by atoms with Crippen molar-refractivity contribution >= 4 is 55.1 Å². The van der Waals surface area contributed by atoms with E-state index < -0.39 is 0 Å². The lowest BCUT2D eigenvalue weighted by Gasteiger charge is -2.39. The highest BCUT2D eigenvalue weighted by molar-refractivity contribution is 9.10. The summed E-state index contributed by atoms with van der Waals surface area (Å²) >= 11 is 13.5. The minimum Gasteiger partial charge on any atom is -0.480 e. The van der Waals surface area contributed by atoms with Gasteiger partial charge < -0.3 is 10.1 Å². The number of hydrogen-bond donors (Lipinski definition) is 1. The van der Waals surface area contributed by atoms with Crippen LogP contribution in [0.2, 0.25) is 5.02 Å². The second kappa shape index (κ2) is 7.76. The monoisotopic (exact) mass is 568 g/mol. The zero-order chi connectivity index (χ0) is 21.8. The van der Waals surface area contributed by atoms with E-state index in [1.54, 1.807) is 6.33 Å². The van der Waals surface area contributed by atoms with Gasteiger partial charge in [-0.15, -0.1) is 0 Å². The number of rotatable bonds is 2. The fourth-order valence-electron chi connectivity index (χ4n) is 4.32. The maximum atomic E-state index is 6.61. The number of fused-ring (bicyclic) bond motifs is 3. The Bertz CT molecular complexity index is 1370. The molecule has 0 aliphatic carbocycles. The van der Waals surface area contributed by atoms with Gasteiger partial charge >= 0.3 is 0 Å². The number of halogens is 3. The second-order valence-corrected chi connectivity index (χ2v) is 9.90. The number of anilines is 1. The normalized spacial score (nSPS) is 18.8. The van der Waals surface area contributed by atoms with Crippen LogP contribution >= 0.6 is 43.5 Å².